The average molecular weight is 621 g/mol. The van der Waals surface area contributed by atoms with Gasteiger partial charge in [0.15, 0.2) is 0 Å². The van der Waals surface area contributed by atoms with Crippen LogP contribution in [0, 0.1) is 0 Å². The maximum atomic E-state index is 14.1. The molecule has 0 saturated heterocycles. The summed E-state index contributed by atoms with van der Waals surface area (Å²) in [5.41, 5.74) is 0.884. The number of carbonyl (C=O) groups excluding carboxylic acids is 2. The summed E-state index contributed by atoms with van der Waals surface area (Å²) in [6.45, 7) is 5.09. The fourth-order valence-corrected chi connectivity index (χ4v) is 5.96. The number of nitrogens with zero attached hydrogens (tertiary/aromatic N) is 2. The molecule has 0 heterocycles. The Morgan fingerprint density at radius 3 is 2.24 bits per heavy atom. The molecule has 0 aliphatic heterocycles. The second-order valence-electron chi connectivity index (χ2n) is 9.54. The first-order valence-electron chi connectivity index (χ1n) is 13.3. The number of methoxy groups -OCH3 is 1. The van der Waals surface area contributed by atoms with Gasteiger partial charge in [0.1, 0.15) is 18.3 Å². The number of amides is 2. The molecule has 2 atom stereocenters. The Kier molecular flexibility index (Phi) is 11.5. The highest BCUT2D eigenvalue weighted by Gasteiger charge is 2.34. The molecule has 0 aliphatic carbocycles. The summed E-state index contributed by atoms with van der Waals surface area (Å²) in [6.07, 6.45) is 1.02. The number of anilines is 1. The van der Waals surface area contributed by atoms with Crippen molar-refractivity contribution < 1.29 is 22.7 Å². The predicted molar refractivity (Wildman–Crippen MR) is 163 cm³/mol. The van der Waals surface area contributed by atoms with E-state index < -0.39 is 28.5 Å². The van der Waals surface area contributed by atoms with Crippen LogP contribution in [-0.2, 0) is 26.2 Å². The van der Waals surface area contributed by atoms with Gasteiger partial charge in [-0.3, -0.25) is 13.9 Å². The first-order valence-corrected chi connectivity index (χ1v) is 15.5. The zero-order chi connectivity index (χ0) is 30.2. The fraction of sp³-hybridized carbons (Fsp3) is 0.333. The molecule has 3 aromatic carbocycles. The maximum absolute atomic E-state index is 14.1. The van der Waals surface area contributed by atoms with Crippen LogP contribution in [-0.4, -0.2) is 50.9 Å². The summed E-state index contributed by atoms with van der Waals surface area (Å²) in [5.74, 6) is -0.464. The molecule has 0 radical (unpaired) electrons. The maximum Gasteiger partial charge on any atom is 0.264 e. The molecule has 2 amide bonds. The van der Waals surface area contributed by atoms with E-state index in [1.165, 1.54) is 24.1 Å². The molecule has 0 aliphatic rings. The van der Waals surface area contributed by atoms with Gasteiger partial charge in [0, 0.05) is 18.7 Å². The number of hydrogen-bond acceptors (Lipinski definition) is 5. The number of nitrogens with one attached hydrogen (secondary N) is 1. The largest absolute Gasteiger partial charge is 0.497 e. The summed E-state index contributed by atoms with van der Waals surface area (Å²) in [5, 5.41) is 3.61. The van der Waals surface area contributed by atoms with Gasteiger partial charge in [0.2, 0.25) is 11.8 Å². The second kappa shape index (κ2) is 14.6. The molecular weight excluding hydrogens is 585 g/mol. The van der Waals surface area contributed by atoms with Gasteiger partial charge >= 0.3 is 0 Å². The summed E-state index contributed by atoms with van der Waals surface area (Å²) in [6, 6.07) is 18.3. The van der Waals surface area contributed by atoms with Crippen molar-refractivity contribution in [3.05, 3.63) is 88.4 Å². The predicted octanol–water partition coefficient (Wildman–Crippen LogP) is 5.92. The molecule has 1 N–H and O–H groups in total. The lowest BCUT2D eigenvalue weighted by Crippen LogP contribution is -2.53. The van der Waals surface area contributed by atoms with Gasteiger partial charge in [0.25, 0.3) is 10.0 Å². The van der Waals surface area contributed by atoms with Gasteiger partial charge in [0.05, 0.1) is 27.7 Å². The first-order chi connectivity index (χ1) is 19.5. The molecule has 3 aromatic rings. The molecule has 0 spiro atoms. The minimum absolute atomic E-state index is 0.0134. The second-order valence-corrected chi connectivity index (χ2v) is 12.2. The molecule has 220 valence electrons. The fourth-order valence-electron chi connectivity index (χ4n) is 4.21. The van der Waals surface area contributed by atoms with E-state index >= 15 is 0 Å². The molecule has 0 fully saturated rings. The van der Waals surface area contributed by atoms with Crippen molar-refractivity contribution in [1.82, 2.24) is 10.2 Å². The van der Waals surface area contributed by atoms with Crippen LogP contribution in [0.15, 0.2) is 77.7 Å². The number of rotatable bonds is 13. The van der Waals surface area contributed by atoms with Gasteiger partial charge in [-0.05, 0) is 61.7 Å². The molecule has 8 nitrogen and oxygen atoms in total. The normalized spacial score (nSPS) is 12.7. The number of hydrogen-bond donors (Lipinski definition) is 1. The number of benzene rings is 3. The number of sulfonamides is 1. The number of ether oxygens (including phenoxy) is 1. The van der Waals surface area contributed by atoms with E-state index in [0.717, 1.165) is 4.31 Å². The first kappa shape index (κ1) is 32.2. The van der Waals surface area contributed by atoms with E-state index in [0.29, 0.717) is 34.2 Å². The van der Waals surface area contributed by atoms with Crippen molar-refractivity contribution in [2.75, 3.05) is 18.0 Å². The van der Waals surface area contributed by atoms with Gasteiger partial charge in [-0.25, -0.2) is 8.42 Å². The highest BCUT2D eigenvalue weighted by Crippen LogP contribution is 2.28. The Balaban J connectivity index is 2.08. The quantitative estimate of drug-likeness (QED) is 0.256. The number of halogens is 2. The van der Waals surface area contributed by atoms with Crippen LogP contribution in [0.5, 0.6) is 5.75 Å². The smallest absolute Gasteiger partial charge is 0.264 e. The molecular formula is C30H35Cl2N3O5S. The number of carbonyl (C=O) groups is 2. The van der Waals surface area contributed by atoms with Gasteiger partial charge < -0.3 is 15.0 Å². The highest BCUT2D eigenvalue weighted by molar-refractivity contribution is 7.92. The third-order valence-corrected chi connectivity index (χ3v) is 9.20. The Hall–Kier alpha value is -3.27. The summed E-state index contributed by atoms with van der Waals surface area (Å²) in [7, 11) is -2.70. The monoisotopic (exact) mass is 619 g/mol. The highest BCUT2D eigenvalue weighted by atomic mass is 35.5. The van der Waals surface area contributed by atoms with Gasteiger partial charge in [-0.2, -0.15) is 0 Å². The molecule has 0 saturated carbocycles. The topological polar surface area (TPSA) is 96.0 Å². The van der Waals surface area contributed by atoms with Crippen LogP contribution in [0.25, 0.3) is 0 Å². The van der Waals surface area contributed by atoms with Gasteiger partial charge in [-0.1, -0.05) is 67.4 Å². The molecule has 0 bridgehead atoms. The minimum Gasteiger partial charge on any atom is -0.497 e. The van der Waals surface area contributed by atoms with Crippen molar-refractivity contribution in [1.29, 1.82) is 0 Å². The lowest BCUT2D eigenvalue weighted by molar-refractivity contribution is -0.140. The third kappa shape index (κ3) is 8.15. The summed E-state index contributed by atoms with van der Waals surface area (Å²) >= 11 is 12.3. The zero-order valence-corrected chi connectivity index (χ0v) is 25.8. The summed E-state index contributed by atoms with van der Waals surface area (Å²) in [4.78, 5) is 28.9. The van der Waals surface area contributed by atoms with Crippen LogP contribution >= 0.6 is 23.2 Å². The van der Waals surface area contributed by atoms with Crippen molar-refractivity contribution in [2.45, 2.75) is 57.1 Å². The third-order valence-electron chi connectivity index (χ3n) is 6.68. The van der Waals surface area contributed by atoms with Crippen LogP contribution in [0.3, 0.4) is 0 Å². The van der Waals surface area contributed by atoms with Gasteiger partial charge in [-0.15, -0.1) is 0 Å². The van der Waals surface area contributed by atoms with Crippen molar-refractivity contribution in [2.24, 2.45) is 0 Å². The molecule has 3 rings (SSSR count). The Labute approximate surface area is 252 Å². The van der Waals surface area contributed by atoms with Crippen LogP contribution < -0.4 is 14.4 Å². The molecule has 11 heteroatoms. The van der Waals surface area contributed by atoms with Crippen molar-refractivity contribution in [3.63, 3.8) is 0 Å². The molecule has 0 aromatic heterocycles. The SMILES string of the molecule is CC[C@H](C(=O)N[C@@H](C)CC)N(Cc1ccc(Cl)c(Cl)c1)C(=O)CN(c1cccc(OC)c1)S(=O)(=O)c1ccccc1. The van der Waals surface area contributed by atoms with Crippen LogP contribution in [0.1, 0.15) is 39.2 Å². The Morgan fingerprint density at radius 1 is 0.927 bits per heavy atom. The standard InChI is InChI=1S/C30H35Cl2N3O5S/c1-5-21(3)33-30(37)28(6-2)34(19-22-15-16-26(31)27(32)17-22)29(36)20-35(23-11-10-12-24(18-23)40-4)41(38,39)25-13-8-7-9-14-25/h7-18,21,28H,5-6,19-20H2,1-4H3,(H,33,37)/t21-,28+/m0/s1. The van der Waals surface area contributed by atoms with E-state index in [4.69, 9.17) is 27.9 Å². The molecule has 0 unspecified atom stereocenters. The van der Waals surface area contributed by atoms with E-state index in [1.54, 1.807) is 67.6 Å². The Morgan fingerprint density at radius 2 is 1.63 bits per heavy atom. The van der Waals surface area contributed by atoms with Crippen molar-refractivity contribution in [3.8, 4) is 5.75 Å². The van der Waals surface area contributed by atoms with E-state index in [9.17, 15) is 18.0 Å². The van der Waals surface area contributed by atoms with E-state index in [2.05, 4.69) is 5.32 Å². The average Bonchev–Trinajstić information content (AvgIpc) is 2.97. The lowest BCUT2D eigenvalue weighted by Gasteiger charge is -2.33. The Bertz CT molecular complexity index is 1450. The van der Waals surface area contributed by atoms with Crippen molar-refractivity contribution >= 4 is 50.7 Å². The lowest BCUT2D eigenvalue weighted by atomic mass is 10.1. The van der Waals surface area contributed by atoms with Crippen LogP contribution in [0.2, 0.25) is 10.0 Å². The van der Waals surface area contributed by atoms with E-state index in [-0.39, 0.29) is 29.1 Å². The van der Waals surface area contributed by atoms with Crippen LogP contribution in [0.4, 0.5) is 5.69 Å². The van der Waals surface area contributed by atoms with E-state index in [1.807, 2.05) is 13.8 Å². The zero-order valence-electron chi connectivity index (χ0n) is 23.5. The molecule has 41 heavy (non-hydrogen) atoms. The summed E-state index contributed by atoms with van der Waals surface area (Å²) < 4.78 is 34.1. The minimum atomic E-state index is -4.18.